The van der Waals surface area contributed by atoms with E-state index >= 15 is 0 Å². The van der Waals surface area contributed by atoms with Crippen molar-refractivity contribution in [3.8, 4) is 0 Å². The summed E-state index contributed by atoms with van der Waals surface area (Å²) in [6.45, 7) is 6.84. The minimum absolute atomic E-state index is 0.0443. The van der Waals surface area contributed by atoms with Gasteiger partial charge >= 0.3 is 5.97 Å². The van der Waals surface area contributed by atoms with Crippen molar-refractivity contribution in [3.63, 3.8) is 0 Å². The average Bonchev–Trinajstić information content (AvgIpc) is 2.09. The predicted octanol–water partition coefficient (Wildman–Crippen LogP) is 0.148. The zero-order valence-corrected chi connectivity index (χ0v) is 10.4. The van der Waals surface area contributed by atoms with Crippen molar-refractivity contribution in [2.24, 2.45) is 0 Å². The Labute approximate surface area is 96.1 Å². The number of hydrogen-bond acceptors (Lipinski definition) is 4. The fourth-order valence-electron chi connectivity index (χ4n) is 1.58. The van der Waals surface area contributed by atoms with Crippen LogP contribution < -0.4 is 5.32 Å². The number of rotatable bonds is 2. The van der Waals surface area contributed by atoms with Crippen LogP contribution in [0.1, 0.15) is 27.2 Å². The lowest BCUT2D eigenvalue weighted by atomic mass is 10.1. The maximum atomic E-state index is 11.7. The maximum absolute atomic E-state index is 11.7. The largest absolute Gasteiger partial charge is 0.460 e. The molecule has 1 rings (SSSR count). The smallest absolute Gasteiger partial charge is 0.308 e. The number of carbonyl (C=O) groups excluding carboxylic acids is 2. The Bertz CT molecular complexity index is 283. The number of hydrogen-bond donors (Lipinski definition) is 1. The molecule has 1 saturated heterocycles. The molecule has 1 atom stereocenters. The zero-order chi connectivity index (χ0) is 12.3. The van der Waals surface area contributed by atoms with E-state index in [4.69, 9.17) is 4.74 Å². The maximum Gasteiger partial charge on any atom is 0.308 e. The van der Waals surface area contributed by atoms with Crippen LogP contribution in [0.4, 0.5) is 0 Å². The second-order valence-electron chi connectivity index (χ2n) is 5.06. The molecule has 0 saturated carbocycles. The van der Waals surface area contributed by atoms with E-state index in [2.05, 4.69) is 5.32 Å². The number of amides is 1. The molecule has 1 heterocycles. The standard InChI is InChI=1S/C11H20N2O3/c1-11(2,3)16-9(14)7-8-10(15)13(4)6-5-12-8/h8,12H,5-7H2,1-4H3. The minimum atomic E-state index is -0.499. The first-order chi connectivity index (χ1) is 7.29. The van der Waals surface area contributed by atoms with Crippen LogP contribution in [-0.4, -0.2) is 48.6 Å². The lowest BCUT2D eigenvalue weighted by Gasteiger charge is -2.30. The van der Waals surface area contributed by atoms with E-state index < -0.39 is 11.6 Å². The zero-order valence-electron chi connectivity index (χ0n) is 10.4. The highest BCUT2D eigenvalue weighted by molar-refractivity contribution is 5.87. The quantitative estimate of drug-likeness (QED) is 0.683. The Hall–Kier alpha value is -1.10. The van der Waals surface area contributed by atoms with Crippen molar-refractivity contribution in [2.45, 2.75) is 38.8 Å². The number of piperazine rings is 1. The molecule has 0 aromatic rings. The molecule has 5 heteroatoms. The van der Waals surface area contributed by atoms with E-state index in [9.17, 15) is 9.59 Å². The Morgan fingerprint density at radius 2 is 2.19 bits per heavy atom. The van der Waals surface area contributed by atoms with Gasteiger partial charge in [0.05, 0.1) is 12.5 Å². The summed E-state index contributed by atoms with van der Waals surface area (Å²) in [5.74, 6) is -0.384. The molecule has 92 valence electrons. The second kappa shape index (κ2) is 4.82. The molecule has 0 bridgehead atoms. The average molecular weight is 228 g/mol. The van der Waals surface area contributed by atoms with Crippen LogP contribution in [-0.2, 0) is 14.3 Å². The molecule has 5 nitrogen and oxygen atoms in total. The predicted molar refractivity (Wildman–Crippen MR) is 59.9 cm³/mol. The van der Waals surface area contributed by atoms with Crippen molar-refractivity contribution >= 4 is 11.9 Å². The number of ether oxygens (including phenoxy) is 1. The van der Waals surface area contributed by atoms with E-state index in [1.165, 1.54) is 0 Å². The number of likely N-dealkylation sites (N-methyl/N-ethyl adjacent to an activating group) is 1. The third-order valence-electron chi connectivity index (χ3n) is 2.30. The number of nitrogens with zero attached hydrogens (tertiary/aromatic N) is 1. The summed E-state index contributed by atoms with van der Waals surface area (Å²) in [6, 6.07) is -0.436. The highest BCUT2D eigenvalue weighted by Gasteiger charge is 2.29. The van der Waals surface area contributed by atoms with E-state index in [1.807, 2.05) is 20.8 Å². The van der Waals surface area contributed by atoms with E-state index in [0.717, 1.165) is 6.54 Å². The van der Waals surface area contributed by atoms with Gasteiger partial charge in [0.1, 0.15) is 5.60 Å². The van der Waals surface area contributed by atoms with Gasteiger partial charge in [-0.05, 0) is 20.8 Å². The van der Waals surface area contributed by atoms with Crippen LogP contribution >= 0.6 is 0 Å². The molecule has 1 amide bonds. The van der Waals surface area contributed by atoms with Crippen molar-refractivity contribution in [2.75, 3.05) is 20.1 Å². The first-order valence-corrected chi connectivity index (χ1v) is 5.50. The molecule has 0 aromatic carbocycles. The second-order valence-corrected chi connectivity index (χ2v) is 5.06. The number of carbonyl (C=O) groups is 2. The first-order valence-electron chi connectivity index (χ1n) is 5.50. The van der Waals surface area contributed by atoms with Crippen molar-refractivity contribution in [3.05, 3.63) is 0 Å². The van der Waals surface area contributed by atoms with Crippen LogP contribution in [0.3, 0.4) is 0 Å². The Morgan fingerprint density at radius 3 is 2.75 bits per heavy atom. The molecule has 1 fully saturated rings. The molecule has 1 aliphatic rings. The Balaban J connectivity index is 2.47. The van der Waals surface area contributed by atoms with Gasteiger partial charge in [0.15, 0.2) is 0 Å². The molecule has 0 radical (unpaired) electrons. The Morgan fingerprint density at radius 1 is 1.56 bits per heavy atom. The highest BCUT2D eigenvalue weighted by Crippen LogP contribution is 2.11. The van der Waals surface area contributed by atoms with Gasteiger partial charge in [0, 0.05) is 20.1 Å². The molecular weight excluding hydrogens is 208 g/mol. The van der Waals surface area contributed by atoms with E-state index in [0.29, 0.717) is 6.54 Å². The number of nitrogens with one attached hydrogen (secondary N) is 1. The van der Waals surface area contributed by atoms with E-state index in [-0.39, 0.29) is 18.3 Å². The van der Waals surface area contributed by atoms with Gasteiger partial charge in [-0.25, -0.2) is 0 Å². The molecule has 1 unspecified atom stereocenters. The van der Waals surface area contributed by atoms with Crippen LogP contribution in [0.2, 0.25) is 0 Å². The van der Waals surface area contributed by atoms with Gasteiger partial charge in [-0.2, -0.15) is 0 Å². The minimum Gasteiger partial charge on any atom is -0.460 e. The van der Waals surface area contributed by atoms with Crippen LogP contribution in [0.25, 0.3) is 0 Å². The fourth-order valence-corrected chi connectivity index (χ4v) is 1.58. The van der Waals surface area contributed by atoms with Crippen molar-refractivity contribution < 1.29 is 14.3 Å². The Kier molecular flexibility index (Phi) is 3.91. The SMILES string of the molecule is CN1CCNC(CC(=O)OC(C)(C)C)C1=O. The third kappa shape index (κ3) is 3.81. The molecule has 0 aromatic heterocycles. The molecule has 0 aliphatic carbocycles. The van der Waals surface area contributed by atoms with Crippen LogP contribution in [0.15, 0.2) is 0 Å². The molecule has 16 heavy (non-hydrogen) atoms. The van der Waals surface area contributed by atoms with Crippen LogP contribution in [0.5, 0.6) is 0 Å². The summed E-state index contributed by atoms with van der Waals surface area (Å²) >= 11 is 0. The monoisotopic (exact) mass is 228 g/mol. The normalized spacial score (nSPS) is 22.1. The van der Waals surface area contributed by atoms with E-state index in [1.54, 1.807) is 11.9 Å². The van der Waals surface area contributed by atoms with Gasteiger partial charge in [0.2, 0.25) is 5.91 Å². The summed E-state index contributed by atoms with van der Waals surface area (Å²) in [4.78, 5) is 24.9. The van der Waals surface area contributed by atoms with Gasteiger partial charge in [-0.15, -0.1) is 0 Å². The van der Waals surface area contributed by atoms with Gasteiger partial charge in [-0.1, -0.05) is 0 Å². The molecule has 1 aliphatic heterocycles. The number of esters is 1. The third-order valence-corrected chi connectivity index (χ3v) is 2.30. The van der Waals surface area contributed by atoms with Gasteiger partial charge < -0.3 is 15.0 Å². The lowest BCUT2D eigenvalue weighted by Crippen LogP contribution is -2.54. The summed E-state index contributed by atoms with van der Waals surface area (Å²) in [5, 5.41) is 3.02. The molecule has 0 spiro atoms. The highest BCUT2D eigenvalue weighted by atomic mass is 16.6. The molecular formula is C11H20N2O3. The summed E-state index contributed by atoms with van der Waals surface area (Å²) in [7, 11) is 1.74. The summed E-state index contributed by atoms with van der Waals surface area (Å²) < 4.78 is 5.17. The van der Waals surface area contributed by atoms with Crippen molar-refractivity contribution in [1.82, 2.24) is 10.2 Å². The fraction of sp³-hybridized carbons (Fsp3) is 0.818. The topological polar surface area (TPSA) is 58.6 Å². The lowest BCUT2D eigenvalue weighted by molar-refractivity contribution is -0.157. The van der Waals surface area contributed by atoms with Crippen LogP contribution in [0, 0.1) is 0 Å². The van der Waals surface area contributed by atoms with Crippen molar-refractivity contribution in [1.29, 1.82) is 0 Å². The van der Waals surface area contributed by atoms with Gasteiger partial charge in [-0.3, -0.25) is 9.59 Å². The first kappa shape index (κ1) is 13.0. The molecule has 1 N–H and O–H groups in total. The van der Waals surface area contributed by atoms with Gasteiger partial charge in [0.25, 0.3) is 0 Å². The summed E-state index contributed by atoms with van der Waals surface area (Å²) in [6.07, 6.45) is 0.0977. The summed E-state index contributed by atoms with van der Waals surface area (Å²) in [5.41, 5.74) is -0.499.